The van der Waals surface area contributed by atoms with Gasteiger partial charge in [0.05, 0.1) is 12.0 Å². The Hall–Kier alpha value is -0.940. The van der Waals surface area contributed by atoms with E-state index in [0.717, 1.165) is 5.01 Å². The number of rotatable bonds is 5. The Bertz CT molecular complexity index is 324. The van der Waals surface area contributed by atoms with Crippen molar-refractivity contribution in [3.8, 4) is 0 Å². The molecule has 1 aromatic heterocycles. The second kappa shape index (κ2) is 5.96. The van der Waals surface area contributed by atoms with Crippen LogP contribution in [0.15, 0.2) is 11.6 Å². The van der Waals surface area contributed by atoms with Gasteiger partial charge in [0.15, 0.2) is 0 Å². The van der Waals surface area contributed by atoms with Gasteiger partial charge < -0.3 is 11.1 Å². The maximum absolute atomic E-state index is 11.9. The highest BCUT2D eigenvalue weighted by Gasteiger charge is 2.22. The number of carbonyl (C=O) groups excluding carboxylic acids is 1. The summed E-state index contributed by atoms with van der Waals surface area (Å²) in [5, 5.41) is 5.77. The zero-order chi connectivity index (χ0) is 12.1. The first-order chi connectivity index (χ1) is 7.56. The summed E-state index contributed by atoms with van der Waals surface area (Å²) in [6, 6.07) is -0.0414. The van der Waals surface area contributed by atoms with Crippen molar-refractivity contribution in [1.29, 1.82) is 0 Å². The van der Waals surface area contributed by atoms with E-state index in [1.54, 1.807) is 17.5 Å². The normalized spacial score (nSPS) is 14.8. The summed E-state index contributed by atoms with van der Waals surface area (Å²) in [7, 11) is 0. The Morgan fingerprint density at radius 2 is 2.25 bits per heavy atom. The highest BCUT2D eigenvalue weighted by Crippen LogP contribution is 2.17. The summed E-state index contributed by atoms with van der Waals surface area (Å²) in [4.78, 5) is 16.1. The number of nitrogens with two attached hydrogens (primary N) is 1. The van der Waals surface area contributed by atoms with Gasteiger partial charge in [0, 0.05) is 18.1 Å². The number of carbonyl (C=O) groups is 1. The molecule has 0 spiro atoms. The molecule has 16 heavy (non-hydrogen) atoms. The van der Waals surface area contributed by atoms with Gasteiger partial charge in [-0.2, -0.15) is 0 Å². The molecule has 0 saturated heterocycles. The largest absolute Gasteiger partial charge is 0.347 e. The van der Waals surface area contributed by atoms with Gasteiger partial charge in [-0.15, -0.1) is 11.3 Å². The van der Waals surface area contributed by atoms with Crippen LogP contribution in [0, 0.1) is 11.8 Å². The molecule has 2 atom stereocenters. The third-order valence-corrected chi connectivity index (χ3v) is 3.53. The first-order valence-corrected chi connectivity index (χ1v) is 6.34. The van der Waals surface area contributed by atoms with Crippen LogP contribution < -0.4 is 11.1 Å². The number of nitrogens with zero attached hydrogens (tertiary/aromatic N) is 1. The molecule has 5 heteroatoms. The Labute approximate surface area is 100 Å². The number of thiazole rings is 1. The molecule has 90 valence electrons. The number of nitrogens with one attached hydrogen (secondary N) is 1. The standard InChI is InChI=1S/C11H19N3OS/c1-7(2)9(6-12)10(15)14-8(3)11-13-4-5-16-11/h4-5,7-9H,6,12H2,1-3H3,(H,14,15). The Kier molecular flexibility index (Phi) is 4.89. The van der Waals surface area contributed by atoms with Crippen molar-refractivity contribution in [3.05, 3.63) is 16.6 Å². The van der Waals surface area contributed by atoms with E-state index in [-0.39, 0.29) is 23.8 Å². The molecule has 1 aromatic rings. The van der Waals surface area contributed by atoms with Gasteiger partial charge in [0.2, 0.25) is 5.91 Å². The molecule has 0 aliphatic rings. The van der Waals surface area contributed by atoms with Crippen LogP contribution in [0.25, 0.3) is 0 Å². The third-order valence-electron chi connectivity index (χ3n) is 2.58. The van der Waals surface area contributed by atoms with E-state index in [9.17, 15) is 4.79 Å². The second-order valence-corrected chi connectivity index (χ2v) is 5.11. The third kappa shape index (κ3) is 3.28. The summed E-state index contributed by atoms with van der Waals surface area (Å²) >= 11 is 1.54. The van der Waals surface area contributed by atoms with Crippen molar-refractivity contribution < 1.29 is 4.79 Å². The predicted molar refractivity (Wildman–Crippen MR) is 66.1 cm³/mol. The fourth-order valence-corrected chi connectivity index (χ4v) is 2.16. The lowest BCUT2D eigenvalue weighted by Gasteiger charge is -2.20. The van der Waals surface area contributed by atoms with Gasteiger partial charge >= 0.3 is 0 Å². The Morgan fingerprint density at radius 3 is 2.69 bits per heavy atom. The summed E-state index contributed by atoms with van der Waals surface area (Å²) in [5.41, 5.74) is 5.60. The topological polar surface area (TPSA) is 68.0 Å². The molecule has 4 nitrogen and oxygen atoms in total. The molecule has 0 fully saturated rings. The van der Waals surface area contributed by atoms with Gasteiger partial charge in [-0.3, -0.25) is 4.79 Å². The molecular weight excluding hydrogens is 222 g/mol. The van der Waals surface area contributed by atoms with E-state index in [2.05, 4.69) is 10.3 Å². The SMILES string of the molecule is CC(NC(=O)C(CN)C(C)C)c1nccs1. The molecule has 1 amide bonds. The van der Waals surface area contributed by atoms with Crippen LogP contribution in [0.5, 0.6) is 0 Å². The molecule has 0 aliphatic heterocycles. The average molecular weight is 241 g/mol. The van der Waals surface area contributed by atoms with E-state index < -0.39 is 0 Å². The fraction of sp³-hybridized carbons (Fsp3) is 0.636. The molecule has 2 unspecified atom stereocenters. The van der Waals surface area contributed by atoms with Crippen molar-refractivity contribution >= 4 is 17.2 Å². The van der Waals surface area contributed by atoms with Crippen LogP contribution in [0.1, 0.15) is 31.8 Å². The Balaban J connectivity index is 2.57. The van der Waals surface area contributed by atoms with Crippen LogP contribution in [0.4, 0.5) is 0 Å². The van der Waals surface area contributed by atoms with E-state index in [1.807, 2.05) is 26.2 Å². The van der Waals surface area contributed by atoms with E-state index in [0.29, 0.717) is 6.54 Å². The molecule has 0 aliphatic carbocycles. The molecule has 0 radical (unpaired) electrons. The van der Waals surface area contributed by atoms with Gasteiger partial charge in [-0.1, -0.05) is 13.8 Å². The highest BCUT2D eigenvalue weighted by molar-refractivity contribution is 7.09. The van der Waals surface area contributed by atoms with Crippen molar-refractivity contribution in [3.63, 3.8) is 0 Å². The lowest BCUT2D eigenvalue weighted by atomic mass is 9.95. The van der Waals surface area contributed by atoms with Gasteiger partial charge in [0.1, 0.15) is 5.01 Å². The van der Waals surface area contributed by atoms with Crippen molar-refractivity contribution in [2.45, 2.75) is 26.8 Å². The van der Waals surface area contributed by atoms with Crippen LogP contribution in [0.2, 0.25) is 0 Å². The summed E-state index contributed by atoms with van der Waals surface area (Å²) in [5.74, 6) is 0.149. The lowest BCUT2D eigenvalue weighted by Crippen LogP contribution is -2.39. The molecule has 0 aromatic carbocycles. The fourth-order valence-electron chi connectivity index (χ4n) is 1.51. The second-order valence-electron chi connectivity index (χ2n) is 4.19. The number of hydrogen-bond donors (Lipinski definition) is 2. The highest BCUT2D eigenvalue weighted by atomic mass is 32.1. The van der Waals surface area contributed by atoms with Gasteiger partial charge in [-0.05, 0) is 12.8 Å². The van der Waals surface area contributed by atoms with Crippen molar-refractivity contribution in [2.24, 2.45) is 17.6 Å². The summed E-state index contributed by atoms with van der Waals surface area (Å²) in [6.45, 7) is 6.33. The first kappa shape index (κ1) is 13.1. The van der Waals surface area contributed by atoms with Crippen LogP contribution in [-0.4, -0.2) is 17.4 Å². The molecule has 3 N–H and O–H groups in total. The zero-order valence-electron chi connectivity index (χ0n) is 9.93. The van der Waals surface area contributed by atoms with Crippen LogP contribution >= 0.6 is 11.3 Å². The minimum atomic E-state index is -0.123. The van der Waals surface area contributed by atoms with Crippen molar-refractivity contribution in [2.75, 3.05) is 6.54 Å². The van der Waals surface area contributed by atoms with E-state index in [1.165, 1.54) is 0 Å². The molecule has 1 heterocycles. The van der Waals surface area contributed by atoms with Gasteiger partial charge in [-0.25, -0.2) is 4.98 Å². The number of hydrogen-bond acceptors (Lipinski definition) is 4. The monoisotopic (exact) mass is 241 g/mol. The molecule has 0 saturated carbocycles. The maximum Gasteiger partial charge on any atom is 0.225 e. The molecule has 1 rings (SSSR count). The number of amides is 1. The molecule has 0 bridgehead atoms. The average Bonchev–Trinajstić information content (AvgIpc) is 2.70. The minimum Gasteiger partial charge on any atom is -0.347 e. The van der Waals surface area contributed by atoms with Crippen molar-refractivity contribution in [1.82, 2.24) is 10.3 Å². The molecular formula is C11H19N3OS. The lowest BCUT2D eigenvalue weighted by molar-refractivity contribution is -0.126. The van der Waals surface area contributed by atoms with E-state index in [4.69, 9.17) is 5.73 Å². The number of aromatic nitrogens is 1. The zero-order valence-corrected chi connectivity index (χ0v) is 10.8. The maximum atomic E-state index is 11.9. The van der Waals surface area contributed by atoms with E-state index >= 15 is 0 Å². The minimum absolute atomic E-state index is 0.0141. The summed E-state index contributed by atoms with van der Waals surface area (Å²) in [6.07, 6.45) is 1.74. The van der Waals surface area contributed by atoms with Crippen LogP contribution in [0.3, 0.4) is 0 Å². The first-order valence-electron chi connectivity index (χ1n) is 5.46. The van der Waals surface area contributed by atoms with Gasteiger partial charge in [0.25, 0.3) is 0 Å². The van der Waals surface area contributed by atoms with Crippen LogP contribution in [-0.2, 0) is 4.79 Å². The summed E-state index contributed by atoms with van der Waals surface area (Å²) < 4.78 is 0. The quantitative estimate of drug-likeness (QED) is 0.822. The Morgan fingerprint density at radius 1 is 1.56 bits per heavy atom. The predicted octanol–water partition coefficient (Wildman–Crippen LogP) is 1.55. The smallest absolute Gasteiger partial charge is 0.225 e.